The normalized spacial score (nSPS) is 15.6. The molecule has 0 aliphatic carbocycles. The molecule has 1 aliphatic heterocycles. The van der Waals surface area contributed by atoms with Gasteiger partial charge in [-0.3, -0.25) is 9.69 Å². The molecule has 0 saturated carbocycles. The molecule has 3 rings (SSSR count). The van der Waals surface area contributed by atoms with Crippen molar-refractivity contribution >= 4 is 17.7 Å². The van der Waals surface area contributed by atoms with Crippen molar-refractivity contribution in [2.45, 2.75) is 38.8 Å². The lowest BCUT2D eigenvalue weighted by molar-refractivity contribution is -0.118. The summed E-state index contributed by atoms with van der Waals surface area (Å²) in [5, 5.41) is 13.1. The summed E-state index contributed by atoms with van der Waals surface area (Å²) in [6.45, 7) is 11.1. The van der Waals surface area contributed by atoms with Crippen LogP contribution in [-0.4, -0.2) is 54.4 Å². The number of nitrogens with zero attached hydrogens (tertiary/aromatic N) is 3. The number of carbonyl (C=O) groups excluding carboxylic acids is 1. The average molecular weight is 429 g/mol. The number of thioether (sulfide) groups is 1. The van der Waals surface area contributed by atoms with Crippen molar-refractivity contribution in [2.24, 2.45) is 0 Å². The third-order valence-electron chi connectivity index (χ3n) is 5.48. The highest BCUT2D eigenvalue weighted by Crippen LogP contribution is 2.27. The molecular formula is C22H28N4O3S. The van der Waals surface area contributed by atoms with Gasteiger partial charge in [-0.1, -0.05) is 11.8 Å². The van der Waals surface area contributed by atoms with Crippen LogP contribution in [0.3, 0.4) is 0 Å². The van der Waals surface area contributed by atoms with E-state index in [1.807, 2.05) is 39.8 Å². The summed E-state index contributed by atoms with van der Waals surface area (Å²) in [5.41, 5.74) is 3.37. The molecule has 30 heavy (non-hydrogen) atoms. The predicted octanol–water partition coefficient (Wildman–Crippen LogP) is 3.06. The molecule has 1 unspecified atom stereocenters. The highest BCUT2D eigenvalue weighted by molar-refractivity contribution is 8.00. The van der Waals surface area contributed by atoms with Gasteiger partial charge >= 0.3 is 0 Å². The molecule has 2 aromatic heterocycles. The maximum absolute atomic E-state index is 12.6. The molecule has 1 fully saturated rings. The Morgan fingerprint density at radius 3 is 2.63 bits per heavy atom. The summed E-state index contributed by atoms with van der Waals surface area (Å²) >= 11 is 1.30. The SMILES string of the molecule is Cc1ccc(C(CNC(=O)CSc2nc(C)c(C)c(C)c2C#N)N2CCOCC2)o1. The first-order valence-electron chi connectivity index (χ1n) is 10.1. The summed E-state index contributed by atoms with van der Waals surface area (Å²) < 4.78 is 11.3. The zero-order valence-electron chi connectivity index (χ0n) is 17.9. The fourth-order valence-corrected chi connectivity index (χ4v) is 4.39. The van der Waals surface area contributed by atoms with Gasteiger partial charge in [0.1, 0.15) is 22.6 Å². The fourth-order valence-electron chi connectivity index (χ4n) is 3.47. The minimum atomic E-state index is -0.0943. The van der Waals surface area contributed by atoms with Crippen molar-refractivity contribution < 1.29 is 13.9 Å². The minimum absolute atomic E-state index is 0.0341. The molecule has 2 aromatic rings. The van der Waals surface area contributed by atoms with Gasteiger partial charge in [-0.25, -0.2) is 4.98 Å². The number of ether oxygens (including phenoxy) is 1. The van der Waals surface area contributed by atoms with E-state index in [1.165, 1.54) is 11.8 Å². The molecule has 1 atom stereocenters. The van der Waals surface area contributed by atoms with Crippen LogP contribution in [0.4, 0.5) is 0 Å². The number of pyridine rings is 1. The second-order valence-corrected chi connectivity index (χ2v) is 8.41. The highest BCUT2D eigenvalue weighted by atomic mass is 32.2. The number of nitrogens with one attached hydrogen (secondary N) is 1. The lowest BCUT2D eigenvalue weighted by Crippen LogP contribution is -2.44. The monoisotopic (exact) mass is 428 g/mol. The number of hydrogen-bond acceptors (Lipinski definition) is 7. The topological polar surface area (TPSA) is 91.4 Å². The van der Waals surface area contributed by atoms with Crippen LogP contribution in [0, 0.1) is 39.0 Å². The summed E-state index contributed by atoms with van der Waals surface area (Å²) in [6.07, 6.45) is 0. The first-order valence-corrected chi connectivity index (χ1v) is 11.0. The van der Waals surface area contributed by atoms with E-state index in [0.29, 0.717) is 30.3 Å². The van der Waals surface area contributed by atoms with Gasteiger partial charge in [0.15, 0.2) is 0 Å². The molecular weight excluding hydrogens is 400 g/mol. The van der Waals surface area contributed by atoms with E-state index in [9.17, 15) is 10.1 Å². The van der Waals surface area contributed by atoms with Crippen molar-refractivity contribution in [1.29, 1.82) is 5.26 Å². The second kappa shape index (κ2) is 10.1. The largest absolute Gasteiger partial charge is 0.465 e. The smallest absolute Gasteiger partial charge is 0.230 e. The first kappa shape index (κ1) is 22.3. The molecule has 8 heteroatoms. The summed E-state index contributed by atoms with van der Waals surface area (Å²) in [5.74, 6) is 1.81. The van der Waals surface area contributed by atoms with E-state index in [-0.39, 0.29) is 17.7 Å². The highest BCUT2D eigenvalue weighted by Gasteiger charge is 2.26. The van der Waals surface area contributed by atoms with E-state index >= 15 is 0 Å². The van der Waals surface area contributed by atoms with Gasteiger partial charge in [0.2, 0.25) is 5.91 Å². The van der Waals surface area contributed by atoms with Gasteiger partial charge in [0.05, 0.1) is 30.6 Å². The quantitative estimate of drug-likeness (QED) is 0.678. The summed E-state index contributed by atoms with van der Waals surface area (Å²) in [4.78, 5) is 19.4. The number of furan rings is 1. The van der Waals surface area contributed by atoms with Crippen LogP contribution >= 0.6 is 11.8 Å². The Hall–Kier alpha value is -2.34. The Bertz CT molecular complexity index is 945. The van der Waals surface area contributed by atoms with Crippen LogP contribution < -0.4 is 5.32 Å². The van der Waals surface area contributed by atoms with Crippen molar-refractivity contribution in [2.75, 3.05) is 38.6 Å². The van der Waals surface area contributed by atoms with Crippen molar-refractivity contribution in [1.82, 2.24) is 15.2 Å². The number of morpholine rings is 1. The van der Waals surface area contributed by atoms with Crippen molar-refractivity contribution in [3.05, 3.63) is 46.0 Å². The maximum atomic E-state index is 12.6. The van der Waals surface area contributed by atoms with E-state index in [4.69, 9.17) is 9.15 Å². The lowest BCUT2D eigenvalue weighted by atomic mass is 10.1. The number of carbonyl (C=O) groups is 1. The van der Waals surface area contributed by atoms with E-state index < -0.39 is 0 Å². The van der Waals surface area contributed by atoms with Crippen LogP contribution in [0.1, 0.15) is 39.9 Å². The van der Waals surface area contributed by atoms with Gasteiger partial charge < -0.3 is 14.5 Å². The number of aromatic nitrogens is 1. The minimum Gasteiger partial charge on any atom is -0.465 e. The third kappa shape index (κ3) is 5.22. The Morgan fingerprint density at radius 2 is 2.00 bits per heavy atom. The predicted molar refractivity (Wildman–Crippen MR) is 115 cm³/mol. The Balaban J connectivity index is 1.63. The molecule has 0 spiro atoms. The summed E-state index contributed by atoms with van der Waals surface area (Å²) in [6, 6.07) is 6.10. The number of nitriles is 1. The van der Waals surface area contributed by atoms with Gasteiger partial charge in [-0.15, -0.1) is 0 Å². The number of aryl methyl sites for hydroxylation is 2. The lowest BCUT2D eigenvalue weighted by Gasteiger charge is -2.33. The molecule has 1 saturated heterocycles. The van der Waals surface area contributed by atoms with E-state index in [2.05, 4.69) is 21.3 Å². The van der Waals surface area contributed by atoms with Crippen LogP contribution in [0.2, 0.25) is 0 Å². The van der Waals surface area contributed by atoms with Crippen LogP contribution in [0.15, 0.2) is 21.6 Å². The van der Waals surface area contributed by atoms with Crippen LogP contribution in [-0.2, 0) is 9.53 Å². The number of rotatable bonds is 7. The number of hydrogen-bond donors (Lipinski definition) is 1. The number of amides is 1. The van der Waals surface area contributed by atoms with Crippen LogP contribution in [0.5, 0.6) is 0 Å². The molecule has 0 aromatic carbocycles. The standard InChI is InChI=1S/C22H28N4O3S/c1-14-5-6-20(29-14)19(26-7-9-28-10-8-26)12-24-21(27)13-30-22-18(11-23)16(3)15(2)17(4)25-22/h5-6,19H,7-10,12-13H2,1-4H3,(H,24,27). The Labute approximate surface area is 181 Å². The van der Waals surface area contributed by atoms with Gasteiger partial charge in [-0.2, -0.15) is 5.26 Å². The second-order valence-electron chi connectivity index (χ2n) is 7.44. The zero-order valence-corrected chi connectivity index (χ0v) is 18.8. The van der Waals surface area contributed by atoms with Crippen molar-refractivity contribution in [3.63, 3.8) is 0 Å². The molecule has 0 radical (unpaired) electrons. The molecule has 3 heterocycles. The van der Waals surface area contributed by atoms with Gasteiger partial charge in [0, 0.05) is 25.3 Å². The molecule has 7 nitrogen and oxygen atoms in total. The van der Waals surface area contributed by atoms with Crippen LogP contribution in [0.25, 0.3) is 0 Å². The Morgan fingerprint density at radius 1 is 1.27 bits per heavy atom. The fraction of sp³-hybridized carbons (Fsp3) is 0.500. The molecule has 160 valence electrons. The maximum Gasteiger partial charge on any atom is 0.230 e. The molecule has 1 aliphatic rings. The molecule has 0 bridgehead atoms. The Kier molecular flexibility index (Phi) is 7.53. The summed E-state index contributed by atoms with van der Waals surface area (Å²) in [7, 11) is 0. The van der Waals surface area contributed by atoms with E-state index in [1.54, 1.807) is 0 Å². The molecule has 1 amide bonds. The third-order valence-corrected chi connectivity index (χ3v) is 6.46. The van der Waals surface area contributed by atoms with Gasteiger partial charge in [0.25, 0.3) is 0 Å². The average Bonchev–Trinajstić information content (AvgIpc) is 3.17. The zero-order chi connectivity index (χ0) is 21.7. The van der Waals surface area contributed by atoms with E-state index in [0.717, 1.165) is 41.4 Å². The first-order chi connectivity index (χ1) is 14.4. The van der Waals surface area contributed by atoms with Crippen molar-refractivity contribution in [3.8, 4) is 6.07 Å². The van der Waals surface area contributed by atoms with Gasteiger partial charge in [-0.05, 0) is 51.0 Å². The molecule has 1 N–H and O–H groups in total.